The third kappa shape index (κ3) is 1.12. The number of hydrogen-bond acceptors (Lipinski definition) is 4. The van der Waals surface area contributed by atoms with E-state index in [2.05, 4.69) is 10.2 Å². The standard InChI is InChI=1S/C8H6N2O2S/c1-13-6-2-5(11)7-4(8(6)12)3-9-10-7/h2-3H,1H3,(H,9,10). The summed E-state index contributed by atoms with van der Waals surface area (Å²) in [5.74, 6) is -0.313. The minimum Gasteiger partial charge on any atom is -0.288 e. The Hall–Kier alpha value is -1.36. The SMILES string of the molecule is CSC1=CC(=O)c2[nH]ncc2C1=O. The lowest BCUT2D eigenvalue weighted by Gasteiger charge is -2.07. The molecule has 0 bridgehead atoms. The Morgan fingerprint density at radius 3 is 2.92 bits per heavy atom. The van der Waals surface area contributed by atoms with Gasteiger partial charge in [-0.2, -0.15) is 5.10 Å². The van der Waals surface area contributed by atoms with Gasteiger partial charge in [-0.15, -0.1) is 11.8 Å². The van der Waals surface area contributed by atoms with E-state index >= 15 is 0 Å². The maximum absolute atomic E-state index is 11.6. The van der Waals surface area contributed by atoms with Gasteiger partial charge in [0.25, 0.3) is 0 Å². The molecule has 0 atom stereocenters. The summed E-state index contributed by atoms with van der Waals surface area (Å²) in [6.45, 7) is 0. The van der Waals surface area contributed by atoms with Crippen LogP contribution in [-0.4, -0.2) is 28.0 Å². The van der Waals surface area contributed by atoms with Crippen molar-refractivity contribution in [1.82, 2.24) is 10.2 Å². The number of thioether (sulfide) groups is 1. The molecule has 1 N–H and O–H groups in total. The summed E-state index contributed by atoms with van der Waals surface area (Å²) in [4.78, 5) is 23.4. The maximum atomic E-state index is 11.6. The zero-order valence-electron chi connectivity index (χ0n) is 6.83. The number of nitrogens with one attached hydrogen (secondary N) is 1. The van der Waals surface area contributed by atoms with Gasteiger partial charge in [-0.3, -0.25) is 14.7 Å². The first kappa shape index (κ1) is 8.25. The molecule has 0 spiro atoms. The van der Waals surface area contributed by atoms with Crippen molar-refractivity contribution in [3.05, 3.63) is 28.4 Å². The quantitative estimate of drug-likeness (QED) is 0.725. The van der Waals surface area contributed by atoms with E-state index in [4.69, 9.17) is 0 Å². The third-order valence-electron chi connectivity index (χ3n) is 1.84. The zero-order valence-corrected chi connectivity index (χ0v) is 7.64. The summed E-state index contributed by atoms with van der Waals surface area (Å²) in [6, 6.07) is 0. The van der Waals surface area contributed by atoms with E-state index in [1.54, 1.807) is 6.26 Å². The lowest BCUT2D eigenvalue weighted by Crippen LogP contribution is -2.13. The molecular formula is C8H6N2O2S. The monoisotopic (exact) mass is 194 g/mol. The van der Waals surface area contributed by atoms with E-state index in [-0.39, 0.29) is 11.6 Å². The molecule has 1 aliphatic carbocycles. The van der Waals surface area contributed by atoms with Gasteiger partial charge in [-0.25, -0.2) is 0 Å². The molecule has 0 aliphatic heterocycles. The van der Waals surface area contributed by atoms with Crippen molar-refractivity contribution >= 4 is 23.3 Å². The lowest BCUT2D eigenvalue weighted by atomic mass is 10.0. The average molecular weight is 194 g/mol. The van der Waals surface area contributed by atoms with Crippen molar-refractivity contribution in [2.75, 3.05) is 6.26 Å². The largest absolute Gasteiger partial charge is 0.288 e. The Morgan fingerprint density at radius 1 is 1.46 bits per heavy atom. The van der Waals surface area contributed by atoms with Crippen molar-refractivity contribution in [3.63, 3.8) is 0 Å². The van der Waals surface area contributed by atoms with Gasteiger partial charge < -0.3 is 0 Å². The second-order valence-corrected chi connectivity index (χ2v) is 3.41. The molecule has 0 amide bonds. The van der Waals surface area contributed by atoms with Crippen molar-refractivity contribution < 1.29 is 9.59 Å². The highest BCUT2D eigenvalue weighted by Gasteiger charge is 2.26. The molecule has 4 nitrogen and oxygen atoms in total. The summed E-state index contributed by atoms with van der Waals surface area (Å²) in [7, 11) is 0. The topological polar surface area (TPSA) is 62.8 Å². The fourth-order valence-electron chi connectivity index (χ4n) is 1.19. The second kappa shape index (κ2) is 2.85. The zero-order chi connectivity index (χ0) is 9.42. The Labute approximate surface area is 78.4 Å². The number of H-pyrrole nitrogens is 1. The van der Waals surface area contributed by atoms with Crippen LogP contribution in [0, 0.1) is 0 Å². The van der Waals surface area contributed by atoms with Gasteiger partial charge in [0.1, 0.15) is 5.69 Å². The summed E-state index contributed by atoms with van der Waals surface area (Å²) in [5.41, 5.74) is 0.666. The molecule has 0 radical (unpaired) electrons. The molecule has 5 heteroatoms. The molecule has 1 aromatic rings. The van der Waals surface area contributed by atoms with Crippen molar-refractivity contribution in [1.29, 1.82) is 0 Å². The van der Waals surface area contributed by atoms with Gasteiger partial charge in [0.05, 0.1) is 16.7 Å². The van der Waals surface area contributed by atoms with Gasteiger partial charge in [-0.1, -0.05) is 0 Å². The number of carbonyl (C=O) groups excluding carboxylic acids is 2. The molecule has 1 heterocycles. The minimum atomic E-state index is -0.184. The number of fused-ring (bicyclic) bond motifs is 1. The highest BCUT2D eigenvalue weighted by Crippen LogP contribution is 2.24. The molecule has 1 aliphatic rings. The van der Waals surface area contributed by atoms with E-state index in [0.717, 1.165) is 0 Å². The van der Waals surface area contributed by atoms with Crippen LogP contribution in [0.1, 0.15) is 20.8 Å². The van der Waals surface area contributed by atoms with Gasteiger partial charge in [0, 0.05) is 6.08 Å². The number of ketones is 2. The molecule has 66 valence electrons. The van der Waals surface area contributed by atoms with Crippen LogP contribution in [0.2, 0.25) is 0 Å². The Balaban J connectivity index is 2.58. The van der Waals surface area contributed by atoms with Crippen LogP contribution >= 0.6 is 11.8 Å². The number of Topliss-reactive ketones (excluding diaryl/α,β-unsaturated/α-hetero) is 1. The number of rotatable bonds is 1. The van der Waals surface area contributed by atoms with Crippen LogP contribution in [0.5, 0.6) is 0 Å². The van der Waals surface area contributed by atoms with Crippen LogP contribution in [0.15, 0.2) is 17.2 Å². The third-order valence-corrected chi connectivity index (χ3v) is 2.58. The molecule has 0 saturated carbocycles. The molecule has 0 saturated heterocycles. The van der Waals surface area contributed by atoms with Crippen molar-refractivity contribution in [2.24, 2.45) is 0 Å². The number of aromatic amines is 1. The number of carbonyl (C=O) groups is 2. The molecule has 0 fully saturated rings. The normalized spacial score (nSPS) is 15.6. The van der Waals surface area contributed by atoms with E-state index in [1.165, 1.54) is 24.0 Å². The van der Waals surface area contributed by atoms with E-state index in [9.17, 15) is 9.59 Å². The van der Waals surface area contributed by atoms with Gasteiger partial charge in [0.2, 0.25) is 11.6 Å². The smallest absolute Gasteiger partial charge is 0.205 e. The highest BCUT2D eigenvalue weighted by atomic mass is 32.2. The molecule has 2 rings (SSSR count). The summed E-state index contributed by atoms with van der Waals surface area (Å²) in [5, 5.41) is 6.17. The first-order valence-corrected chi connectivity index (χ1v) is 4.84. The van der Waals surface area contributed by atoms with Crippen LogP contribution < -0.4 is 0 Å². The number of nitrogens with zero attached hydrogens (tertiary/aromatic N) is 1. The first-order valence-electron chi connectivity index (χ1n) is 3.62. The number of hydrogen-bond donors (Lipinski definition) is 1. The van der Waals surface area contributed by atoms with Gasteiger partial charge >= 0.3 is 0 Å². The molecule has 1 aromatic heterocycles. The van der Waals surface area contributed by atoms with E-state index in [1.807, 2.05) is 0 Å². The molecule has 13 heavy (non-hydrogen) atoms. The fourth-order valence-corrected chi connectivity index (χ4v) is 1.71. The fraction of sp³-hybridized carbons (Fsp3) is 0.125. The summed E-state index contributed by atoms with van der Waals surface area (Å²) < 4.78 is 0. The van der Waals surface area contributed by atoms with E-state index < -0.39 is 0 Å². The van der Waals surface area contributed by atoms with Crippen LogP contribution in [-0.2, 0) is 0 Å². The Bertz CT molecular complexity index is 420. The van der Waals surface area contributed by atoms with Crippen LogP contribution in [0.25, 0.3) is 0 Å². The Morgan fingerprint density at radius 2 is 2.23 bits per heavy atom. The minimum absolute atomic E-state index is 0.129. The Kier molecular flexibility index (Phi) is 1.81. The van der Waals surface area contributed by atoms with Gasteiger partial charge in [0.15, 0.2) is 0 Å². The van der Waals surface area contributed by atoms with Crippen LogP contribution in [0.3, 0.4) is 0 Å². The van der Waals surface area contributed by atoms with Crippen molar-refractivity contribution in [3.8, 4) is 0 Å². The maximum Gasteiger partial charge on any atom is 0.205 e. The molecule has 0 unspecified atom stereocenters. The van der Waals surface area contributed by atoms with Gasteiger partial charge in [-0.05, 0) is 6.26 Å². The van der Waals surface area contributed by atoms with Crippen molar-refractivity contribution in [2.45, 2.75) is 0 Å². The number of aromatic nitrogens is 2. The summed E-state index contributed by atoms with van der Waals surface area (Å²) in [6.07, 6.45) is 4.49. The predicted octanol–water partition coefficient (Wildman–Crippen LogP) is 1.04. The molecular weight excluding hydrogens is 188 g/mol. The predicted molar refractivity (Wildman–Crippen MR) is 48.8 cm³/mol. The van der Waals surface area contributed by atoms with Crippen LogP contribution in [0.4, 0.5) is 0 Å². The molecule has 0 aromatic carbocycles. The first-order chi connectivity index (χ1) is 6.24. The lowest BCUT2D eigenvalue weighted by molar-refractivity contribution is 0.0989. The van der Waals surface area contributed by atoms with E-state index in [0.29, 0.717) is 16.2 Å². The average Bonchev–Trinajstić information content (AvgIpc) is 2.60. The highest BCUT2D eigenvalue weighted by molar-refractivity contribution is 8.03. The summed E-state index contributed by atoms with van der Waals surface area (Å²) >= 11 is 1.27. The number of allylic oxidation sites excluding steroid dienone is 2. The second-order valence-electron chi connectivity index (χ2n) is 2.56.